The molecular weight excluding hydrogens is 434 g/mol. The highest BCUT2D eigenvalue weighted by Gasteiger charge is 2.17. The number of amides is 1. The van der Waals surface area contributed by atoms with Crippen LogP contribution in [-0.2, 0) is 19.4 Å². The number of rotatable bonds is 9. The van der Waals surface area contributed by atoms with Crippen LogP contribution in [0.15, 0.2) is 60.7 Å². The molecule has 2 heterocycles. The number of benzene rings is 3. The fraction of sp³-hybridized carbons (Fsp3) is 0.276. The third-order valence-electron chi connectivity index (χ3n) is 6.81. The number of pyridine rings is 1. The van der Waals surface area contributed by atoms with Crippen molar-refractivity contribution in [3.05, 3.63) is 77.6 Å². The fourth-order valence-corrected chi connectivity index (χ4v) is 5.08. The lowest BCUT2D eigenvalue weighted by molar-refractivity contribution is 0.0999. The Morgan fingerprint density at radius 2 is 1.66 bits per heavy atom. The summed E-state index contributed by atoms with van der Waals surface area (Å²) >= 11 is 0. The maximum absolute atomic E-state index is 12.1. The molecule has 0 spiro atoms. The number of carbonyl (C=O) groups excluding carboxylic acids is 1. The molecule has 1 amide bonds. The van der Waals surface area contributed by atoms with Gasteiger partial charge in [0.25, 0.3) is 0 Å². The van der Waals surface area contributed by atoms with Gasteiger partial charge in [0.05, 0.1) is 11.0 Å². The lowest BCUT2D eigenvalue weighted by atomic mass is 9.94. The number of imidazole rings is 1. The van der Waals surface area contributed by atoms with Crippen LogP contribution in [0, 0.1) is 0 Å². The van der Waals surface area contributed by atoms with Gasteiger partial charge < -0.3 is 16.0 Å². The number of aromatic nitrogens is 3. The quantitative estimate of drug-likeness (QED) is 0.269. The Hall–Kier alpha value is -3.93. The van der Waals surface area contributed by atoms with Gasteiger partial charge in [0, 0.05) is 23.9 Å². The van der Waals surface area contributed by atoms with Gasteiger partial charge in [-0.1, -0.05) is 61.9 Å². The van der Waals surface area contributed by atoms with Crippen molar-refractivity contribution < 1.29 is 4.79 Å². The van der Waals surface area contributed by atoms with E-state index in [1.807, 2.05) is 42.5 Å². The Kier molecular flexibility index (Phi) is 6.36. The Labute approximate surface area is 205 Å². The van der Waals surface area contributed by atoms with Crippen LogP contribution >= 0.6 is 0 Å². The zero-order valence-corrected chi connectivity index (χ0v) is 20.1. The molecule has 0 radical (unpaired) electrons. The minimum atomic E-state index is -0.373. The van der Waals surface area contributed by atoms with E-state index in [0.29, 0.717) is 11.4 Å². The maximum atomic E-state index is 12.1. The van der Waals surface area contributed by atoms with Crippen LogP contribution in [0.2, 0.25) is 0 Å². The number of anilines is 1. The second kappa shape index (κ2) is 9.74. The van der Waals surface area contributed by atoms with E-state index < -0.39 is 0 Å². The van der Waals surface area contributed by atoms with Gasteiger partial charge in [-0.2, -0.15) is 0 Å². The van der Waals surface area contributed by atoms with Crippen molar-refractivity contribution in [1.82, 2.24) is 14.5 Å². The van der Waals surface area contributed by atoms with Gasteiger partial charge in [0.2, 0.25) is 5.91 Å². The molecule has 6 nitrogen and oxygen atoms in total. The van der Waals surface area contributed by atoms with Crippen molar-refractivity contribution >= 4 is 44.4 Å². The Bertz CT molecular complexity index is 1540. The van der Waals surface area contributed by atoms with E-state index in [0.717, 1.165) is 89.2 Å². The van der Waals surface area contributed by atoms with Gasteiger partial charge in [-0.25, -0.2) is 9.97 Å². The average molecular weight is 466 g/mol. The molecule has 0 saturated heterocycles. The molecule has 0 aliphatic rings. The summed E-state index contributed by atoms with van der Waals surface area (Å²) in [7, 11) is 0. The van der Waals surface area contributed by atoms with Gasteiger partial charge in [0.1, 0.15) is 11.3 Å². The van der Waals surface area contributed by atoms with Gasteiger partial charge in [-0.15, -0.1) is 0 Å². The number of hydrogen-bond donors (Lipinski definition) is 2. The zero-order chi connectivity index (χ0) is 24.4. The fourth-order valence-electron chi connectivity index (χ4n) is 5.08. The highest BCUT2D eigenvalue weighted by molar-refractivity contribution is 6.06. The predicted octanol–water partition coefficient (Wildman–Crippen LogP) is 5.78. The van der Waals surface area contributed by atoms with Crippen LogP contribution in [-0.4, -0.2) is 20.4 Å². The standard InChI is InChI=1S/C29H31N5O/c1-2-3-15-25-33-26-27(23-13-6-7-14-24(23)32-28(26)30)34(25)18-9-8-12-21-20-11-5-4-10-19(20)16-17-22(21)29(31)35/h4-7,10-11,13-14,16-17H,2-3,8-9,12,15,18H2,1H3,(H2,30,32)(H2,31,35). The maximum Gasteiger partial charge on any atom is 0.248 e. The number of nitrogens with two attached hydrogens (primary N) is 2. The lowest BCUT2D eigenvalue weighted by Gasteiger charge is -2.13. The van der Waals surface area contributed by atoms with Crippen molar-refractivity contribution in [3.63, 3.8) is 0 Å². The number of nitrogen functional groups attached to an aromatic ring is 1. The Morgan fingerprint density at radius 1 is 0.886 bits per heavy atom. The van der Waals surface area contributed by atoms with E-state index in [2.05, 4.69) is 34.7 Å². The molecule has 4 N–H and O–H groups in total. The van der Waals surface area contributed by atoms with E-state index in [4.69, 9.17) is 16.5 Å². The Morgan fingerprint density at radius 3 is 2.46 bits per heavy atom. The van der Waals surface area contributed by atoms with Crippen molar-refractivity contribution in [2.45, 2.75) is 52.0 Å². The van der Waals surface area contributed by atoms with Gasteiger partial charge in [-0.05, 0) is 54.2 Å². The van der Waals surface area contributed by atoms with E-state index in [9.17, 15) is 4.79 Å². The molecule has 0 aliphatic heterocycles. The van der Waals surface area contributed by atoms with E-state index in [1.54, 1.807) is 0 Å². The molecule has 0 aliphatic carbocycles. The number of nitrogens with zero attached hydrogens (tertiary/aromatic N) is 3. The summed E-state index contributed by atoms with van der Waals surface area (Å²) in [5.41, 5.74) is 16.5. The molecular formula is C29H31N5O. The largest absolute Gasteiger partial charge is 0.382 e. The average Bonchev–Trinajstić information content (AvgIpc) is 3.24. The summed E-state index contributed by atoms with van der Waals surface area (Å²) in [6.07, 6.45) is 5.76. The number of hydrogen-bond acceptors (Lipinski definition) is 4. The molecule has 0 unspecified atom stereocenters. The summed E-state index contributed by atoms with van der Waals surface area (Å²) < 4.78 is 2.34. The summed E-state index contributed by atoms with van der Waals surface area (Å²) in [5.74, 6) is 1.18. The Balaban J connectivity index is 1.46. The third-order valence-corrected chi connectivity index (χ3v) is 6.81. The minimum absolute atomic E-state index is 0.373. The first-order valence-electron chi connectivity index (χ1n) is 12.4. The number of fused-ring (bicyclic) bond motifs is 4. The van der Waals surface area contributed by atoms with Crippen LogP contribution in [0.3, 0.4) is 0 Å². The zero-order valence-electron chi connectivity index (χ0n) is 20.1. The number of carbonyl (C=O) groups is 1. The molecule has 178 valence electrons. The number of para-hydroxylation sites is 1. The van der Waals surface area contributed by atoms with Crippen LogP contribution in [0.25, 0.3) is 32.7 Å². The summed E-state index contributed by atoms with van der Waals surface area (Å²) in [5, 5.41) is 3.31. The number of primary amides is 1. The molecule has 0 saturated carbocycles. The SMILES string of the molecule is CCCCc1nc2c(N)nc3ccccc3c2n1CCCCc1c(C(N)=O)ccc2ccccc12. The van der Waals surface area contributed by atoms with Crippen LogP contribution in [0.1, 0.15) is 54.4 Å². The topological polar surface area (TPSA) is 99.8 Å². The van der Waals surface area contributed by atoms with Crippen LogP contribution in [0.4, 0.5) is 5.82 Å². The molecule has 5 aromatic rings. The highest BCUT2D eigenvalue weighted by Crippen LogP contribution is 2.30. The minimum Gasteiger partial charge on any atom is -0.382 e. The molecule has 0 fully saturated rings. The lowest BCUT2D eigenvalue weighted by Crippen LogP contribution is -2.14. The summed E-state index contributed by atoms with van der Waals surface area (Å²) in [6, 6.07) is 20.1. The predicted molar refractivity (Wildman–Crippen MR) is 143 cm³/mol. The van der Waals surface area contributed by atoms with E-state index >= 15 is 0 Å². The molecule has 6 heteroatoms. The molecule has 5 rings (SSSR count). The van der Waals surface area contributed by atoms with Gasteiger partial charge in [-0.3, -0.25) is 4.79 Å². The first-order valence-corrected chi connectivity index (χ1v) is 12.4. The second-order valence-electron chi connectivity index (χ2n) is 9.13. The molecule has 2 aromatic heterocycles. The monoisotopic (exact) mass is 465 g/mol. The number of aryl methyl sites for hydroxylation is 3. The van der Waals surface area contributed by atoms with Gasteiger partial charge >= 0.3 is 0 Å². The number of unbranched alkanes of at least 4 members (excludes halogenated alkanes) is 2. The summed E-state index contributed by atoms with van der Waals surface area (Å²) in [6.45, 7) is 3.03. The smallest absolute Gasteiger partial charge is 0.248 e. The molecule has 0 atom stereocenters. The highest BCUT2D eigenvalue weighted by atomic mass is 16.1. The van der Waals surface area contributed by atoms with Crippen molar-refractivity contribution in [3.8, 4) is 0 Å². The molecule has 3 aromatic carbocycles. The van der Waals surface area contributed by atoms with Crippen LogP contribution in [0.5, 0.6) is 0 Å². The molecule has 0 bridgehead atoms. The van der Waals surface area contributed by atoms with Crippen molar-refractivity contribution in [2.24, 2.45) is 5.73 Å². The first-order chi connectivity index (χ1) is 17.1. The van der Waals surface area contributed by atoms with E-state index in [1.165, 1.54) is 0 Å². The first kappa shape index (κ1) is 22.8. The van der Waals surface area contributed by atoms with Gasteiger partial charge in [0.15, 0.2) is 5.82 Å². The van der Waals surface area contributed by atoms with E-state index in [-0.39, 0.29) is 5.91 Å². The molecule has 35 heavy (non-hydrogen) atoms. The third kappa shape index (κ3) is 4.32. The second-order valence-corrected chi connectivity index (χ2v) is 9.13. The van der Waals surface area contributed by atoms with Crippen LogP contribution < -0.4 is 11.5 Å². The summed E-state index contributed by atoms with van der Waals surface area (Å²) in [4.78, 5) is 21.6. The normalized spacial score (nSPS) is 11.6. The van der Waals surface area contributed by atoms with Crippen molar-refractivity contribution in [1.29, 1.82) is 0 Å². The van der Waals surface area contributed by atoms with Crippen molar-refractivity contribution in [2.75, 3.05) is 5.73 Å².